The van der Waals surface area contributed by atoms with Crippen LogP contribution in [0.15, 0.2) is 18.3 Å². The van der Waals surface area contributed by atoms with Gasteiger partial charge < -0.3 is 14.1 Å². The third kappa shape index (κ3) is 3.71. The Morgan fingerprint density at radius 3 is 2.38 bits per heavy atom. The number of carbonyl (C=O) groups excluding carboxylic acids is 1. The molecule has 1 aromatic heterocycles. The molecule has 2 aliphatic carbocycles. The van der Waals surface area contributed by atoms with E-state index >= 15 is 0 Å². The predicted molar refractivity (Wildman–Crippen MR) is 126 cm³/mol. The first-order chi connectivity index (χ1) is 14.9. The van der Waals surface area contributed by atoms with Crippen LogP contribution in [0.25, 0.3) is 10.9 Å². The van der Waals surface area contributed by atoms with Crippen LogP contribution in [0.4, 0.5) is 0 Å². The molecule has 2 aromatic rings. The van der Waals surface area contributed by atoms with Gasteiger partial charge in [0, 0.05) is 35.6 Å². The maximum atomic E-state index is 13.5. The van der Waals surface area contributed by atoms with Crippen molar-refractivity contribution in [3.05, 3.63) is 28.9 Å². The number of aromatic nitrogens is 1. The molecule has 2 saturated carbocycles. The monoisotopic (exact) mass is 478 g/mol. The number of amides is 1. The lowest BCUT2D eigenvalue weighted by atomic mass is 9.50. The molecule has 1 aromatic carbocycles. The lowest BCUT2D eigenvalue weighted by molar-refractivity contribution is -0.168. The summed E-state index contributed by atoms with van der Waals surface area (Å²) in [5, 5.41) is 0.858. The van der Waals surface area contributed by atoms with Crippen LogP contribution in [0.1, 0.15) is 70.8 Å². The third-order valence-electron chi connectivity index (χ3n) is 7.87. The lowest BCUT2D eigenvalue weighted by Gasteiger charge is -2.64. The first-order valence-electron chi connectivity index (χ1n) is 11.4. The number of piperidine rings is 2. The fourth-order valence-corrected chi connectivity index (χ4v) is 8.01. The maximum absolute atomic E-state index is 13.5. The number of carbonyl (C=O) groups is 1. The Kier molecular flexibility index (Phi) is 4.92. The molecule has 3 heterocycles. The number of rotatable bonds is 5. The van der Waals surface area contributed by atoms with Crippen molar-refractivity contribution in [2.45, 2.75) is 77.3 Å². The van der Waals surface area contributed by atoms with Gasteiger partial charge in [0.2, 0.25) is 5.91 Å². The van der Waals surface area contributed by atoms with Crippen LogP contribution < -0.4 is 4.18 Å². The van der Waals surface area contributed by atoms with Crippen molar-refractivity contribution >= 4 is 38.5 Å². The summed E-state index contributed by atoms with van der Waals surface area (Å²) < 4.78 is 28.9. The molecule has 1 amide bonds. The maximum Gasteiger partial charge on any atom is 0.306 e. The average Bonchev–Trinajstić information content (AvgIpc) is 3.05. The average molecular weight is 479 g/mol. The van der Waals surface area contributed by atoms with Crippen LogP contribution in [0.2, 0.25) is 5.02 Å². The highest BCUT2D eigenvalue weighted by Gasteiger charge is 2.58. The zero-order chi connectivity index (χ0) is 23.1. The van der Waals surface area contributed by atoms with Gasteiger partial charge in [-0.15, -0.1) is 0 Å². The molecule has 6 nitrogen and oxygen atoms in total. The highest BCUT2D eigenvalue weighted by atomic mass is 35.5. The van der Waals surface area contributed by atoms with Crippen LogP contribution in [0.5, 0.6) is 5.75 Å². The Morgan fingerprint density at radius 1 is 1.22 bits per heavy atom. The molecular weight excluding hydrogens is 448 g/mol. The standard InChI is InChI=1S/C24H31ClN2O4S/c1-14(17-12-26-19-6-5-18(25)22(21(17)19)31-32(4,29)30)7-20(28)27-15-8-23(2)9-16(27)11-24(3,10-15)13-23/h5-6,12,14-16,26H,7-11,13H2,1-4H3. The fraction of sp³-hybridized carbons (Fsp3) is 0.625. The molecule has 0 radical (unpaired) electrons. The van der Waals surface area contributed by atoms with Gasteiger partial charge >= 0.3 is 10.1 Å². The van der Waals surface area contributed by atoms with Gasteiger partial charge in [0.25, 0.3) is 0 Å². The molecule has 1 N–H and O–H groups in total. The van der Waals surface area contributed by atoms with Crippen LogP contribution >= 0.6 is 11.6 Å². The molecule has 8 heteroatoms. The number of nitrogens with one attached hydrogen (secondary N) is 1. The number of aromatic amines is 1. The molecule has 1 atom stereocenters. The number of nitrogens with zero attached hydrogens (tertiary/aromatic N) is 1. The summed E-state index contributed by atoms with van der Waals surface area (Å²) in [6, 6.07) is 4.09. The van der Waals surface area contributed by atoms with Gasteiger partial charge in [-0.25, -0.2) is 0 Å². The highest BCUT2D eigenvalue weighted by Crippen LogP contribution is 2.61. The van der Waals surface area contributed by atoms with Gasteiger partial charge in [0.1, 0.15) is 0 Å². The molecule has 2 saturated heterocycles. The van der Waals surface area contributed by atoms with Gasteiger partial charge in [0.05, 0.1) is 11.3 Å². The molecule has 4 bridgehead atoms. The van der Waals surface area contributed by atoms with E-state index in [-0.39, 0.29) is 22.6 Å². The van der Waals surface area contributed by atoms with Crippen molar-refractivity contribution in [3.63, 3.8) is 0 Å². The summed E-state index contributed by atoms with van der Waals surface area (Å²) in [6.07, 6.45) is 8.92. The summed E-state index contributed by atoms with van der Waals surface area (Å²) in [5.74, 6) is 0.207. The SMILES string of the molecule is CC(CC(=O)N1C2CC3(C)CC1CC(C)(C2)C3)c1c[nH]c2ccc(Cl)c(OS(C)(=O)=O)c12. The molecule has 174 valence electrons. The van der Waals surface area contributed by atoms with Crippen molar-refractivity contribution in [1.82, 2.24) is 9.88 Å². The van der Waals surface area contributed by atoms with Crippen LogP contribution in [0, 0.1) is 10.8 Å². The molecule has 4 fully saturated rings. The van der Waals surface area contributed by atoms with Crippen LogP contribution in [0.3, 0.4) is 0 Å². The Balaban J connectivity index is 1.42. The van der Waals surface area contributed by atoms with E-state index in [1.807, 2.05) is 13.1 Å². The van der Waals surface area contributed by atoms with Crippen molar-refractivity contribution in [2.24, 2.45) is 10.8 Å². The first kappa shape index (κ1) is 22.1. The van der Waals surface area contributed by atoms with Gasteiger partial charge in [-0.3, -0.25) is 4.79 Å². The summed E-state index contributed by atoms with van der Waals surface area (Å²) in [5.41, 5.74) is 2.32. The number of benzene rings is 1. The van der Waals surface area contributed by atoms with Gasteiger partial charge in [-0.05, 0) is 66.5 Å². The molecule has 6 rings (SSSR count). The normalized spacial score (nSPS) is 32.5. The summed E-state index contributed by atoms with van der Waals surface area (Å²) >= 11 is 6.30. The quantitative estimate of drug-likeness (QED) is 0.597. The largest absolute Gasteiger partial charge is 0.380 e. The molecule has 32 heavy (non-hydrogen) atoms. The molecule has 4 aliphatic rings. The van der Waals surface area contributed by atoms with E-state index in [1.165, 1.54) is 6.42 Å². The van der Waals surface area contributed by atoms with Crippen molar-refractivity contribution < 1.29 is 17.4 Å². The van der Waals surface area contributed by atoms with Gasteiger partial charge in [-0.2, -0.15) is 8.42 Å². The molecule has 2 aliphatic heterocycles. The van der Waals surface area contributed by atoms with E-state index in [2.05, 4.69) is 23.7 Å². The van der Waals surface area contributed by atoms with Crippen LogP contribution in [-0.4, -0.2) is 42.5 Å². The summed E-state index contributed by atoms with van der Waals surface area (Å²) in [7, 11) is -3.75. The van der Waals surface area contributed by atoms with E-state index in [1.54, 1.807) is 12.1 Å². The van der Waals surface area contributed by atoms with Crippen molar-refractivity contribution in [2.75, 3.05) is 6.26 Å². The lowest BCUT2D eigenvalue weighted by Crippen LogP contribution is -2.65. The van der Waals surface area contributed by atoms with E-state index in [9.17, 15) is 13.2 Å². The van der Waals surface area contributed by atoms with Crippen molar-refractivity contribution in [1.29, 1.82) is 0 Å². The Bertz CT molecular complexity index is 1170. The van der Waals surface area contributed by atoms with E-state index < -0.39 is 10.1 Å². The first-order valence-corrected chi connectivity index (χ1v) is 13.6. The second kappa shape index (κ2) is 7.13. The zero-order valence-corrected chi connectivity index (χ0v) is 20.6. The fourth-order valence-electron chi connectivity index (χ4n) is 7.29. The number of hydrogen-bond acceptors (Lipinski definition) is 4. The number of H-pyrrole nitrogens is 1. The van der Waals surface area contributed by atoms with E-state index in [0.29, 0.717) is 34.7 Å². The molecular formula is C24H31ClN2O4S. The van der Waals surface area contributed by atoms with Crippen molar-refractivity contribution in [3.8, 4) is 5.75 Å². The highest BCUT2D eigenvalue weighted by molar-refractivity contribution is 7.86. The Labute approximate surface area is 194 Å². The minimum Gasteiger partial charge on any atom is -0.380 e. The minimum absolute atomic E-state index is 0.111. The topological polar surface area (TPSA) is 79.5 Å². The van der Waals surface area contributed by atoms with E-state index in [4.69, 9.17) is 15.8 Å². The van der Waals surface area contributed by atoms with Gasteiger partial charge in [0.15, 0.2) is 5.75 Å². The van der Waals surface area contributed by atoms with E-state index in [0.717, 1.165) is 43.0 Å². The summed E-state index contributed by atoms with van der Waals surface area (Å²) in [4.78, 5) is 18.9. The number of fused-ring (bicyclic) bond motifs is 1. The van der Waals surface area contributed by atoms with Gasteiger partial charge in [-0.1, -0.05) is 32.4 Å². The molecule has 0 spiro atoms. The number of hydrogen-bond donors (Lipinski definition) is 1. The minimum atomic E-state index is -3.75. The second-order valence-electron chi connectivity index (χ2n) is 11.2. The Morgan fingerprint density at radius 2 is 1.81 bits per heavy atom. The predicted octanol–water partition coefficient (Wildman–Crippen LogP) is 5.22. The van der Waals surface area contributed by atoms with Crippen LogP contribution in [-0.2, 0) is 14.9 Å². The Hall–Kier alpha value is -1.73. The third-order valence-corrected chi connectivity index (χ3v) is 8.64. The molecule has 1 unspecified atom stereocenters. The second-order valence-corrected chi connectivity index (χ2v) is 13.1. The smallest absolute Gasteiger partial charge is 0.306 e. The number of halogens is 1. The summed E-state index contributed by atoms with van der Waals surface area (Å²) in [6.45, 7) is 6.80. The zero-order valence-electron chi connectivity index (χ0n) is 19.1.